The van der Waals surface area contributed by atoms with Gasteiger partial charge in [-0.2, -0.15) is 0 Å². The van der Waals surface area contributed by atoms with E-state index in [1.807, 2.05) is 6.07 Å². The van der Waals surface area contributed by atoms with Gasteiger partial charge in [-0.1, -0.05) is 0 Å². The molecular formula is C14H20N4OS. The van der Waals surface area contributed by atoms with Gasteiger partial charge in [0.2, 0.25) is 0 Å². The minimum Gasteiger partial charge on any atom is -0.383 e. The topological polar surface area (TPSA) is 50.3 Å². The Labute approximate surface area is 123 Å². The molecule has 6 heteroatoms. The first-order valence-corrected chi connectivity index (χ1v) is 7.92. The van der Waals surface area contributed by atoms with E-state index in [4.69, 9.17) is 4.74 Å². The molecule has 1 saturated heterocycles. The van der Waals surface area contributed by atoms with Crippen molar-refractivity contribution in [3.8, 4) is 0 Å². The number of methoxy groups -OCH3 is 1. The molecule has 0 radical (unpaired) electrons. The summed E-state index contributed by atoms with van der Waals surface area (Å²) in [5, 5.41) is 5.63. The van der Waals surface area contributed by atoms with Crippen LogP contribution in [0.2, 0.25) is 0 Å². The Morgan fingerprint density at radius 3 is 3.25 bits per heavy atom. The van der Waals surface area contributed by atoms with Gasteiger partial charge in [0.15, 0.2) is 0 Å². The van der Waals surface area contributed by atoms with Crippen molar-refractivity contribution in [2.45, 2.75) is 18.9 Å². The van der Waals surface area contributed by atoms with Crippen LogP contribution in [0.4, 0.5) is 5.82 Å². The highest BCUT2D eigenvalue weighted by Crippen LogP contribution is 2.28. The van der Waals surface area contributed by atoms with Crippen LogP contribution in [0.25, 0.3) is 10.2 Å². The zero-order valence-corrected chi connectivity index (χ0v) is 12.5. The number of rotatable bonds is 6. The number of nitrogens with one attached hydrogen (secondary N) is 1. The average molecular weight is 292 g/mol. The smallest absolute Gasteiger partial charge is 0.150 e. The van der Waals surface area contributed by atoms with E-state index < -0.39 is 0 Å². The molecule has 20 heavy (non-hydrogen) atoms. The van der Waals surface area contributed by atoms with Gasteiger partial charge in [-0.25, -0.2) is 9.97 Å². The van der Waals surface area contributed by atoms with Crippen LogP contribution in [0, 0.1) is 0 Å². The van der Waals surface area contributed by atoms with Gasteiger partial charge in [-0.3, -0.25) is 0 Å². The third-order valence-corrected chi connectivity index (χ3v) is 4.59. The van der Waals surface area contributed by atoms with Gasteiger partial charge in [0.05, 0.1) is 16.8 Å². The summed E-state index contributed by atoms with van der Waals surface area (Å²) < 4.78 is 6.42. The molecule has 1 fully saturated rings. The maximum Gasteiger partial charge on any atom is 0.150 e. The van der Waals surface area contributed by atoms with E-state index >= 15 is 0 Å². The maximum absolute atomic E-state index is 5.25. The van der Waals surface area contributed by atoms with Crippen molar-refractivity contribution >= 4 is 27.4 Å². The van der Waals surface area contributed by atoms with Crippen molar-refractivity contribution in [2.75, 3.05) is 38.3 Å². The van der Waals surface area contributed by atoms with E-state index in [0.717, 1.165) is 31.0 Å². The number of nitrogens with zero attached hydrogens (tertiary/aromatic N) is 3. The van der Waals surface area contributed by atoms with E-state index in [1.54, 1.807) is 24.8 Å². The molecule has 1 atom stereocenters. The number of hydrogen-bond donors (Lipinski definition) is 1. The minimum absolute atomic E-state index is 0.553. The second-order valence-corrected chi connectivity index (χ2v) is 5.98. The quantitative estimate of drug-likeness (QED) is 0.881. The van der Waals surface area contributed by atoms with Crippen molar-refractivity contribution < 1.29 is 4.74 Å². The summed E-state index contributed by atoms with van der Waals surface area (Å²) >= 11 is 1.71. The van der Waals surface area contributed by atoms with Gasteiger partial charge >= 0.3 is 0 Å². The molecule has 1 aliphatic rings. The minimum atomic E-state index is 0.553. The molecule has 2 aromatic heterocycles. The highest BCUT2D eigenvalue weighted by molar-refractivity contribution is 7.17. The number of hydrogen-bond acceptors (Lipinski definition) is 6. The molecule has 0 saturated carbocycles. The van der Waals surface area contributed by atoms with E-state index in [1.165, 1.54) is 17.5 Å². The van der Waals surface area contributed by atoms with Gasteiger partial charge < -0.3 is 15.0 Å². The Bertz CT molecular complexity index is 553. The Balaban J connectivity index is 1.84. The number of aromatic nitrogens is 2. The van der Waals surface area contributed by atoms with E-state index in [0.29, 0.717) is 12.6 Å². The van der Waals surface area contributed by atoms with Crippen LogP contribution in [0.15, 0.2) is 17.8 Å². The average Bonchev–Trinajstić information content (AvgIpc) is 3.13. The van der Waals surface area contributed by atoms with Crippen molar-refractivity contribution in [3.63, 3.8) is 0 Å². The van der Waals surface area contributed by atoms with Crippen molar-refractivity contribution in [2.24, 2.45) is 0 Å². The zero-order chi connectivity index (χ0) is 13.8. The van der Waals surface area contributed by atoms with Crippen LogP contribution in [0.3, 0.4) is 0 Å². The number of fused-ring (bicyclic) bond motifs is 1. The molecule has 0 aromatic carbocycles. The molecule has 1 unspecified atom stereocenters. The van der Waals surface area contributed by atoms with Crippen LogP contribution in [0.5, 0.6) is 0 Å². The number of anilines is 1. The van der Waals surface area contributed by atoms with Crippen molar-refractivity contribution in [1.82, 2.24) is 15.3 Å². The third-order valence-electron chi connectivity index (χ3n) is 3.69. The largest absolute Gasteiger partial charge is 0.383 e. The highest BCUT2D eigenvalue weighted by atomic mass is 32.1. The summed E-state index contributed by atoms with van der Waals surface area (Å²) in [5.41, 5.74) is 1.03. The maximum atomic E-state index is 5.25. The molecule has 2 aromatic rings. The second-order valence-electron chi connectivity index (χ2n) is 5.06. The summed E-state index contributed by atoms with van der Waals surface area (Å²) in [6.07, 6.45) is 4.16. The summed E-state index contributed by atoms with van der Waals surface area (Å²) in [6.45, 7) is 3.68. The molecule has 0 aliphatic carbocycles. The van der Waals surface area contributed by atoms with Crippen LogP contribution in [-0.4, -0.2) is 49.4 Å². The lowest BCUT2D eigenvalue weighted by molar-refractivity contribution is 0.204. The fourth-order valence-corrected chi connectivity index (χ4v) is 3.53. The first-order chi connectivity index (χ1) is 9.88. The van der Waals surface area contributed by atoms with Gasteiger partial charge in [-0.15, -0.1) is 11.3 Å². The third kappa shape index (κ3) is 2.92. The molecule has 3 heterocycles. The number of thiophene rings is 1. The molecule has 0 amide bonds. The molecular weight excluding hydrogens is 272 g/mol. The fourth-order valence-electron chi connectivity index (χ4n) is 2.66. The SMILES string of the molecule is COCCN(CC1CCCN1)c1ncnc2ccsc12. The Hall–Kier alpha value is -1.24. The first kappa shape index (κ1) is 13.7. The lowest BCUT2D eigenvalue weighted by Gasteiger charge is -2.26. The van der Waals surface area contributed by atoms with Gasteiger partial charge in [-0.05, 0) is 30.8 Å². The van der Waals surface area contributed by atoms with Crippen LogP contribution < -0.4 is 10.2 Å². The standard InChI is InChI=1S/C14H20N4OS/c1-19-7-6-18(9-11-3-2-5-15-11)14-13-12(4-8-20-13)16-10-17-14/h4,8,10-11,15H,2-3,5-7,9H2,1H3. The van der Waals surface area contributed by atoms with Crippen LogP contribution >= 0.6 is 11.3 Å². The molecule has 0 spiro atoms. The van der Waals surface area contributed by atoms with Crippen LogP contribution in [-0.2, 0) is 4.74 Å². The Morgan fingerprint density at radius 2 is 2.45 bits per heavy atom. The molecule has 1 aliphatic heterocycles. The zero-order valence-electron chi connectivity index (χ0n) is 11.7. The molecule has 5 nitrogen and oxygen atoms in total. The van der Waals surface area contributed by atoms with E-state index in [9.17, 15) is 0 Å². The lowest BCUT2D eigenvalue weighted by atomic mass is 10.2. The van der Waals surface area contributed by atoms with Crippen LogP contribution in [0.1, 0.15) is 12.8 Å². The van der Waals surface area contributed by atoms with Gasteiger partial charge in [0.25, 0.3) is 0 Å². The first-order valence-electron chi connectivity index (χ1n) is 7.04. The second kappa shape index (κ2) is 6.47. The predicted molar refractivity (Wildman–Crippen MR) is 82.5 cm³/mol. The predicted octanol–water partition coefficient (Wildman–Crippen LogP) is 1.90. The lowest BCUT2D eigenvalue weighted by Crippen LogP contribution is -2.39. The fraction of sp³-hybridized carbons (Fsp3) is 0.571. The van der Waals surface area contributed by atoms with Crippen molar-refractivity contribution in [1.29, 1.82) is 0 Å². The summed E-state index contributed by atoms with van der Waals surface area (Å²) in [5.74, 6) is 1.04. The molecule has 1 N–H and O–H groups in total. The highest BCUT2D eigenvalue weighted by Gasteiger charge is 2.20. The summed E-state index contributed by atoms with van der Waals surface area (Å²) in [4.78, 5) is 11.2. The normalized spacial score (nSPS) is 18.8. The number of ether oxygens (including phenoxy) is 1. The van der Waals surface area contributed by atoms with Gasteiger partial charge in [0, 0.05) is 26.2 Å². The Kier molecular flexibility index (Phi) is 4.44. The molecule has 0 bridgehead atoms. The molecule has 108 valence electrons. The van der Waals surface area contributed by atoms with Gasteiger partial charge in [0.1, 0.15) is 12.1 Å². The summed E-state index contributed by atoms with van der Waals surface area (Å²) in [6, 6.07) is 2.60. The van der Waals surface area contributed by atoms with Crippen molar-refractivity contribution in [3.05, 3.63) is 17.8 Å². The summed E-state index contributed by atoms with van der Waals surface area (Å²) in [7, 11) is 1.74. The Morgan fingerprint density at radius 1 is 1.50 bits per heavy atom. The van der Waals surface area contributed by atoms with E-state index in [2.05, 4.69) is 25.6 Å². The monoisotopic (exact) mass is 292 g/mol. The van der Waals surface area contributed by atoms with E-state index in [-0.39, 0.29) is 0 Å². The molecule has 3 rings (SSSR count).